The minimum atomic E-state index is -3.37. The summed E-state index contributed by atoms with van der Waals surface area (Å²) in [6.07, 6.45) is 0.507. The predicted octanol–water partition coefficient (Wildman–Crippen LogP) is 2.36. The van der Waals surface area contributed by atoms with Crippen molar-refractivity contribution >= 4 is 26.9 Å². The minimum Gasteiger partial charge on any atom is -0.495 e. The molecule has 6 heteroatoms. The first-order chi connectivity index (χ1) is 9.03. The molecule has 2 rings (SSSR count). The number of anilines is 1. The van der Waals surface area contributed by atoms with Gasteiger partial charge < -0.3 is 10.5 Å². The molecule has 0 atom stereocenters. The molecule has 0 saturated heterocycles. The fourth-order valence-electron chi connectivity index (χ4n) is 1.74. The number of benzene rings is 1. The van der Waals surface area contributed by atoms with Gasteiger partial charge in [-0.2, -0.15) is 0 Å². The minimum absolute atomic E-state index is 0.0633. The molecule has 1 aromatic carbocycles. The molecule has 2 aromatic rings. The molecule has 0 saturated carbocycles. The van der Waals surface area contributed by atoms with E-state index in [0.29, 0.717) is 17.9 Å². The van der Waals surface area contributed by atoms with E-state index in [1.165, 1.54) is 19.2 Å². The SMILES string of the molecule is COc1cc(N)ccc1S(=O)(=O)CCc1cccs1. The van der Waals surface area contributed by atoms with Crippen LogP contribution < -0.4 is 10.5 Å². The highest BCUT2D eigenvalue weighted by Gasteiger charge is 2.19. The maximum atomic E-state index is 12.3. The first kappa shape index (κ1) is 13.9. The van der Waals surface area contributed by atoms with Gasteiger partial charge in [0.2, 0.25) is 0 Å². The van der Waals surface area contributed by atoms with E-state index < -0.39 is 9.84 Å². The Balaban J connectivity index is 2.24. The number of nitrogen functional groups attached to an aromatic ring is 1. The summed E-state index contributed by atoms with van der Waals surface area (Å²) in [4.78, 5) is 1.25. The van der Waals surface area contributed by atoms with Gasteiger partial charge in [0.05, 0.1) is 12.9 Å². The largest absolute Gasteiger partial charge is 0.495 e. The molecule has 0 bridgehead atoms. The third kappa shape index (κ3) is 3.27. The summed E-state index contributed by atoms with van der Waals surface area (Å²) in [6.45, 7) is 0. The van der Waals surface area contributed by atoms with Crippen molar-refractivity contribution in [2.24, 2.45) is 0 Å². The molecule has 102 valence electrons. The van der Waals surface area contributed by atoms with Gasteiger partial charge >= 0.3 is 0 Å². The summed E-state index contributed by atoms with van der Waals surface area (Å²) in [5.74, 6) is 0.361. The fraction of sp³-hybridized carbons (Fsp3) is 0.231. The van der Waals surface area contributed by atoms with E-state index in [9.17, 15) is 8.42 Å². The predicted molar refractivity (Wildman–Crippen MR) is 77.5 cm³/mol. The van der Waals surface area contributed by atoms with Crippen LogP contribution in [0.4, 0.5) is 5.69 Å². The van der Waals surface area contributed by atoms with Crippen LogP contribution in [0.3, 0.4) is 0 Å². The second kappa shape index (κ2) is 5.63. The molecular weight excluding hydrogens is 282 g/mol. The maximum absolute atomic E-state index is 12.3. The van der Waals surface area contributed by atoms with Crippen molar-refractivity contribution in [3.8, 4) is 5.75 Å². The summed E-state index contributed by atoms with van der Waals surface area (Å²) < 4.78 is 29.7. The molecule has 19 heavy (non-hydrogen) atoms. The molecule has 1 heterocycles. The Morgan fingerprint density at radius 1 is 1.32 bits per heavy atom. The molecule has 1 aromatic heterocycles. The van der Waals surface area contributed by atoms with E-state index in [4.69, 9.17) is 10.5 Å². The monoisotopic (exact) mass is 297 g/mol. The van der Waals surface area contributed by atoms with Crippen LogP contribution in [0.1, 0.15) is 4.88 Å². The molecule has 0 aliphatic carbocycles. The Hall–Kier alpha value is -1.53. The van der Waals surface area contributed by atoms with Gasteiger partial charge in [-0.25, -0.2) is 8.42 Å². The lowest BCUT2D eigenvalue weighted by atomic mass is 10.3. The van der Waals surface area contributed by atoms with Crippen molar-refractivity contribution in [2.75, 3.05) is 18.6 Å². The van der Waals surface area contributed by atoms with Crippen LogP contribution in [-0.2, 0) is 16.3 Å². The van der Waals surface area contributed by atoms with Crippen molar-refractivity contribution in [3.63, 3.8) is 0 Å². The summed E-state index contributed by atoms with van der Waals surface area (Å²) in [6, 6.07) is 8.44. The Morgan fingerprint density at radius 2 is 2.11 bits per heavy atom. The molecule has 0 radical (unpaired) electrons. The van der Waals surface area contributed by atoms with Crippen LogP contribution in [0.15, 0.2) is 40.6 Å². The molecule has 0 aliphatic rings. The van der Waals surface area contributed by atoms with Crippen LogP contribution in [0.5, 0.6) is 5.75 Å². The normalized spacial score (nSPS) is 11.4. The maximum Gasteiger partial charge on any atom is 0.182 e. The van der Waals surface area contributed by atoms with Gasteiger partial charge in [-0.1, -0.05) is 6.07 Å². The number of methoxy groups -OCH3 is 1. The Labute approximate surface area is 116 Å². The number of rotatable bonds is 5. The van der Waals surface area contributed by atoms with E-state index in [0.717, 1.165) is 4.88 Å². The Kier molecular flexibility index (Phi) is 4.11. The highest BCUT2D eigenvalue weighted by Crippen LogP contribution is 2.27. The topological polar surface area (TPSA) is 69.4 Å². The smallest absolute Gasteiger partial charge is 0.182 e. The molecule has 0 spiro atoms. The van der Waals surface area contributed by atoms with Crippen molar-refractivity contribution in [3.05, 3.63) is 40.6 Å². The standard InChI is InChI=1S/C13H15NO3S2/c1-17-12-9-10(14)4-5-13(12)19(15,16)8-6-11-3-2-7-18-11/h2-5,7,9H,6,8,14H2,1H3. The number of ether oxygens (including phenoxy) is 1. The van der Waals surface area contributed by atoms with Gasteiger partial charge in [0.1, 0.15) is 10.6 Å². The zero-order valence-corrected chi connectivity index (χ0v) is 12.1. The van der Waals surface area contributed by atoms with E-state index in [2.05, 4.69) is 0 Å². The van der Waals surface area contributed by atoms with Crippen molar-refractivity contribution in [2.45, 2.75) is 11.3 Å². The molecule has 4 nitrogen and oxygen atoms in total. The van der Waals surface area contributed by atoms with Gasteiger partial charge in [-0.05, 0) is 30.0 Å². The molecule has 0 aliphatic heterocycles. The lowest BCUT2D eigenvalue weighted by Gasteiger charge is -2.09. The molecular formula is C13H15NO3S2. The lowest BCUT2D eigenvalue weighted by Crippen LogP contribution is -2.10. The van der Waals surface area contributed by atoms with Gasteiger partial charge in [0.25, 0.3) is 0 Å². The first-order valence-corrected chi connectivity index (χ1v) is 8.25. The Bertz CT molecular complexity index is 649. The summed E-state index contributed by atoms with van der Waals surface area (Å²) >= 11 is 1.56. The zero-order chi connectivity index (χ0) is 13.9. The number of thiophene rings is 1. The summed E-state index contributed by atoms with van der Waals surface area (Å²) in [5.41, 5.74) is 6.10. The highest BCUT2D eigenvalue weighted by molar-refractivity contribution is 7.91. The summed E-state index contributed by atoms with van der Waals surface area (Å²) in [7, 11) is -1.93. The molecule has 2 N–H and O–H groups in total. The van der Waals surface area contributed by atoms with Gasteiger partial charge in [-0.3, -0.25) is 0 Å². The Morgan fingerprint density at radius 3 is 2.74 bits per heavy atom. The number of aryl methyl sites for hydroxylation is 1. The fourth-order valence-corrected chi connectivity index (χ4v) is 4.01. The van der Waals surface area contributed by atoms with Crippen LogP contribution in [0.25, 0.3) is 0 Å². The first-order valence-electron chi connectivity index (χ1n) is 5.71. The van der Waals surface area contributed by atoms with E-state index in [1.807, 2.05) is 17.5 Å². The molecule has 0 fully saturated rings. The lowest BCUT2D eigenvalue weighted by molar-refractivity contribution is 0.403. The van der Waals surface area contributed by atoms with Crippen molar-refractivity contribution < 1.29 is 13.2 Å². The second-order valence-corrected chi connectivity index (χ2v) is 7.17. The van der Waals surface area contributed by atoms with Crippen LogP contribution in [-0.4, -0.2) is 21.3 Å². The zero-order valence-electron chi connectivity index (χ0n) is 10.5. The third-order valence-corrected chi connectivity index (χ3v) is 5.41. The quantitative estimate of drug-likeness (QED) is 0.860. The van der Waals surface area contributed by atoms with E-state index in [-0.39, 0.29) is 10.6 Å². The van der Waals surface area contributed by atoms with Gasteiger partial charge in [-0.15, -0.1) is 11.3 Å². The van der Waals surface area contributed by atoms with Crippen molar-refractivity contribution in [1.29, 1.82) is 0 Å². The molecule has 0 unspecified atom stereocenters. The highest BCUT2D eigenvalue weighted by atomic mass is 32.2. The number of hydrogen-bond acceptors (Lipinski definition) is 5. The number of hydrogen-bond donors (Lipinski definition) is 1. The number of nitrogens with two attached hydrogens (primary N) is 1. The summed E-state index contributed by atoms with van der Waals surface area (Å²) in [5, 5.41) is 1.94. The third-order valence-electron chi connectivity index (χ3n) is 2.72. The van der Waals surface area contributed by atoms with E-state index >= 15 is 0 Å². The number of sulfone groups is 1. The van der Waals surface area contributed by atoms with Crippen LogP contribution >= 0.6 is 11.3 Å². The molecule has 0 amide bonds. The average Bonchev–Trinajstić information content (AvgIpc) is 2.89. The second-order valence-electron chi connectivity index (χ2n) is 4.06. The van der Waals surface area contributed by atoms with Gasteiger partial charge in [0.15, 0.2) is 9.84 Å². The van der Waals surface area contributed by atoms with Crippen LogP contribution in [0.2, 0.25) is 0 Å². The average molecular weight is 297 g/mol. The van der Waals surface area contributed by atoms with Gasteiger partial charge in [0, 0.05) is 16.6 Å². The van der Waals surface area contributed by atoms with Crippen LogP contribution in [0, 0.1) is 0 Å². The van der Waals surface area contributed by atoms with Crippen molar-refractivity contribution in [1.82, 2.24) is 0 Å². The van der Waals surface area contributed by atoms with E-state index in [1.54, 1.807) is 17.4 Å².